The zero-order valence-electron chi connectivity index (χ0n) is 18.0. The summed E-state index contributed by atoms with van der Waals surface area (Å²) in [5.41, 5.74) is -1.01. The van der Waals surface area contributed by atoms with Gasteiger partial charge in [0.15, 0.2) is 11.6 Å². The Labute approximate surface area is 188 Å². The highest BCUT2D eigenvalue weighted by Crippen LogP contribution is 2.71. The molecule has 3 saturated carbocycles. The first kappa shape index (κ1) is 22.7. The Morgan fingerprint density at radius 2 is 1.97 bits per heavy atom. The Kier molecular flexibility index (Phi) is 5.72. The molecule has 0 amide bonds. The van der Waals surface area contributed by atoms with E-state index in [9.17, 15) is 14.7 Å². The Bertz CT molecular complexity index is 784. The van der Waals surface area contributed by atoms with Gasteiger partial charge in [-0.25, -0.2) is 0 Å². The van der Waals surface area contributed by atoms with Crippen molar-refractivity contribution in [3.63, 3.8) is 0 Å². The van der Waals surface area contributed by atoms with Crippen LogP contribution in [0.4, 0.5) is 0 Å². The highest BCUT2D eigenvalue weighted by Gasteiger charge is 2.73. The van der Waals surface area contributed by atoms with Crippen LogP contribution in [0.3, 0.4) is 0 Å². The minimum atomic E-state index is -1.08. The van der Waals surface area contributed by atoms with E-state index in [0.29, 0.717) is 25.7 Å². The van der Waals surface area contributed by atoms with Gasteiger partial charge in [-0.2, -0.15) is 0 Å². The maximum atomic E-state index is 13.1. The highest BCUT2D eigenvalue weighted by atomic mass is 35.5. The summed E-state index contributed by atoms with van der Waals surface area (Å²) < 4.78 is 11.3. The molecule has 0 radical (unpaired) electrons. The number of rotatable bonds is 5. The molecule has 0 aliphatic heterocycles. The highest BCUT2D eigenvalue weighted by molar-refractivity contribution is 6.29. The smallest absolute Gasteiger partial charge is 0.179 e. The van der Waals surface area contributed by atoms with Crippen molar-refractivity contribution in [2.45, 2.75) is 75.4 Å². The molecule has 1 N–H and O–H groups in total. The van der Waals surface area contributed by atoms with Crippen LogP contribution in [0.5, 0.6) is 0 Å². The number of fused-ring (bicyclic) bond motifs is 5. The third-order valence-corrected chi connectivity index (χ3v) is 10.3. The van der Waals surface area contributed by atoms with E-state index >= 15 is 0 Å². The summed E-state index contributed by atoms with van der Waals surface area (Å²) in [6.45, 7) is 4.18. The number of carbonyl (C=O) groups is 2. The summed E-state index contributed by atoms with van der Waals surface area (Å²) in [5, 5.41) is 11.6. The summed E-state index contributed by atoms with van der Waals surface area (Å²) in [6.07, 6.45) is 5.37. The molecule has 4 aliphatic carbocycles. The molecule has 0 spiro atoms. The molecule has 0 saturated heterocycles. The summed E-state index contributed by atoms with van der Waals surface area (Å²) in [6, 6.07) is 0. The largest absolute Gasteiger partial charge is 0.391 e. The molecule has 0 aromatic rings. The third kappa shape index (κ3) is 2.71. The number of aliphatic hydroxyl groups excluding tert-OH is 1. The van der Waals surface area contributed by atoms with Crippen molar-refractivity contribution in [3.8, 4) is 0 Å². The lowest BCUT2D eigenvalue weighted by Crippen LogP contribution is -2.69. The van der Waals surface area contributed by atoms with E-state index < -0.39 is 27.4 Å². The Hall–Kier alpha value is -0.460. The molecule has 4 aliphatic rings. The summed E-state index contributed by atoms with van der Waals surface area (Å²) in [4.78, 5) is 24.3. The number of carbonyl (C=O) groups excluding carboxylic acids is 2. The number of allylic oxidation sites excluding steroid dienone is 1. The monoisotopic (exact) mass is 458 g/mol. The Balaban J connectivity index is 1.78. The van der Waals surface area contributed by atoms with Gasteiger partial charge in [-0.05, 0) is 56.4 Å². The molecule has 168 valence electrons. The van der Waals surface area contributed by atoms with Gasteiger partial charge >= 0.3 is 0 Å². The van der Waals surface area contributed by atoms with Crippen molar-refractivity contribution >= 4 is 34.8 Å². The van der Waals surface area contributed by atoms with Crippen LogP contribution in [-0.4, -0.2) is 53.0 Å². The lowest BCUT2D eigenvalue weighted by atomic mass is 9.45. The molecule has 7 heteroatoms. The minimum absolute atomic E-state index is 0.00440. The number of methoxy groups -OCH3 is 1. The van der Waals surface area contributed by atoms with Crippen LogP contribution in [0.1, 0.15) is 58.8 Å². The van der Waals surface area contributed by atoms with E-state index in [1.165, 1.54) is 7.11 Å². The second-order valence-electron chi connectivity index (χ2n) is 10.1. The average Bonchev–Trinajstić information content (AvgIpc) is 3.00. The fourth-order valence-electron chi connectivity index (χ4n) is 7.60. The first-order valence-corrected chi connectivity index (χ1v) is 11.8. The van der Waals surface area contributed by atoms with Gasteiger partial charge in [-0.15, -0.1) is 23.2 Å². The van der Waals surface area contributed by atoms with Gasteiger partial charge in [0, 0.05) is 24.4 Å². The molecule has 0 bridgehead atoms. The third-order valence-electron chi connectivity index (χ3n) is 9.16. The number of hydrogen-bond acceptors (Lipinski definition) is 5. The molecule has 30 heavy (non-hydrogen) atoms. The Morgan fingerprint density at radius 1 is 1.23 bits per heavy atom. The van der Waals surface area contributed by atoms with Crippen molar-refractivity contribution in [1.29, 1.82) is 0 Å². The number of alkyl halides is 2. The van der Waals surface area contributed by atoms with Gasteiger partial charge in [0.1, 0.15) is 12.4 Å². The van der Waals surface area contributed by atoms with E-state index in [1.807, 2.05) is 0 Å². The standard InChI is InChI=1S/C23H32Cl2O5/c1-20-8-6-15(26)10-14(20)4-5-17-16-7-9-22(19(28)12-24,30-13-29-3)21(16,2)11-18(27)23(17,20)25/h10,16-18,27H,4-9,11-13H2,1-3H3/t16-,17-,18-,20-,21-,22-,23-/m0/s1. The number of ether oxygens (including phenoxy) is 2. The zero-order chi connectivity index (χ0) is 21.9. The van der Waals surface area contributed by atoms with Gasteiger partial charge in [0.2, 0.25) is 0 Å². The average molecular weight is 459 g/mol. The normalized spacial score (nSPS) is 47.9. The molecular formula is C23H32Cl2O5. The van der Waals surface area contributed by atoms with Crippen LogP contribution in [0, 0.1) is 22.7 Å². The van der Waals surface area contributed by atoms with Crippen LogP contribution in [-0.2, 0) is 19.1 Å². The second kappa shape index (κ2) is 7.55. The van der Waals surface area contributed by atoms with Crippen LogP contribution < -0.4 is 0 Å². The van der Waals surface area contributed by atoms with Gasteiger partial charge < -0.3 is 14.6 Å². The van der Waals surface area contributed by atoms with Crippen molar-refractivity contribution < 1.29 is 24.2 Å². The van der Waals surface area contributed by atoms with E-state index in [1.54, 1.807) is 6.08 Å². The molecule has 4 rings (SSSR count). The van der Waals surface area contributed by atoms with Gasteiger partial charge in [-0.3, -0.25) is 9.59 Å². The van der Waals surface area contributed by atoms with E-state index in [2.05, 4.69) is 13.8 Å². The van der Waals surface area contributed by atoms with E-state index in [0.717, 1.165) is 24.8 Å². The topological polar surface area (TPSA) is 72.8 Å². The quantitative estimate of drug-likeness (QED) is 0.497. The van der Waals surface area contributed by atoms with Crippen molar-refractivity contribution in [1.82, 2.24) is 0 Å². The predicted molar refractivity (Wildman–Crippen MR) is 115 cm³/mol. The van der Waals surface area contributed by atoms with Gasteiger partial charge in [0.05, 0.1) is 16.9 Å². The second-order valence-corrected chi connectivity index (χ2v) is 11.0. The lowest BCUT2D eigenvalue weighted by Gasteiger charge is -2.65. The lowest BCUT2D eigenvalue weighted by molar-refractivity contribution is -0.209. The van der Waals surface area contributed by atoms with Crippen LogP contribution >= 0.6 is 23.2 Å². The van der Waals surface area contributed by atoms with E-state index in [4.69, 9.17) is 32.7 Å². The first-order valence-electron chi connectivity index (χ1n) is 10.9. The number of aliphatic hydroxyl groups is 1. The summed E-state index contributed by atoms with van der Waals surface area (Å²) >= 11 is 13.5. The fraction of sp³-hybridized carbons (Fsp3) is 0.826. The van der Waals surface area contributed by atoms with Crippen LogP contribution in [0.2, 0.25) is 0 Å². The van der Waals surface area contributed by atoms with Gasteiger partial charge in [0.25, 0.3) is 0 Å². The molecule has 3 fully saturated rings. The molecule has 0 unspecified atom stereocenters. The fourth-order valence-corrected chi connectivity index (χ4v) is 8.37. The number of Topliss-reactive ketones (excluding diaryl/α,β-unsaturated/α-hetero) is 1. The zero-order valence-corrected chi connectivity index (χ0v) is 19.5. The van der Waals surface area contributed by atoms with Gasteiger partial charge in [-0.1, -0.05) is 19.4 Å². The predicted octanol–water partition coefficient (Wildman–Crippen LogP) is 4.02. The first-order chi connectivity index (χ1) is 14.1. The van der Waals surface area contributed by atoms with Crippen molar-refractivity contribution in [2.75, 3.05) is 19.8 Å². The number of ketones is 2. The number of halogens is 2. The maximum Gasteiger partial charge on any atom is 0.179 e. The van der Waals surface area contributed by atoms with Crippen LogP contribution in [0.15, 0.2) is 11.6 Å². The molecular weight excluding hydrogens is 427 g/mol. The molecule has 5 nitrogen and oxygen atoms in total. The molecule has 0 aromatic heterocycles. The van der Waals surface area contributed by atoms with Crippen LogP contribution in [0.25, 0.3) is 0 Å². The summed E-state index contributed by atoms with van der Waals surface area (Å²) in [7, 11) is 1.54. The SMILES string of the molecule is COCO[C@]1(C(=O)CCl)CC[C@H]2[C@@H]3CCC4=CC(=O)CC[C@]4(C)[C@@]3(Cl)[C@@H](O)C[C@@]21C. The molecule has 0 aromatic carbocycles. The van der Waals surface area contributed by atoms with Crippen molar-refractivity contribution in [2.24, 2.45) is 22.7 Å². The number of hydrogen-bond donors (Lipinski definition) is 1. The minimum Gasteiger partial charge on any atom is -0.391 e. The van der Waals surface area contributed by atoms with E-state index in [-0.39, 0.29) is 36.1 Å². The van der Waals surface area contributed by atoms with Crippen molar-refractivity contribution in [3.05, 3.63) is 11.6 Å². The summed E-state index contributed by atoms with van der Waals surface area (Å²) in [5.74, 6) is 0.0204. The Morgan fingerprint density at radius 3 is 2.63 bits per heavy atom. The molecule has 0 heterocycles. The maximum absolute atomic E-state index is 13.1. The molecule has 7 atom stereocenters.